The molecule has 0 atom stereocenters. The van der Waals surface area contributed by atoms with Gasteiger partial charge in [-0.3, -0.25) is 20.2 Å². The Morgan fingerprint density at radius 3 is 2.86 bits per heavy atom. The van der Waals surface area contributed by atoms with Crippen LogP contribution in [0.5, 0.6) is 0 Å². The predicted octanol–water partition coefficient (Wildman–Crippen LogP) is 4.67. The monoisotopic (exact) mass is 414 g/mol. The van der Waals surface area contributed by atoms with Crippen LogP contribution >= 0.6 is 23.6 Å². The molecule has 0 unspecified atom stereocenters. The summed E-state index contributed by atoms with van der Waals surface area (Å²) in [5.41, 5.74) is 2.13. The molecule has 0 spiro atoms. The first-order chi connectivity index (χ1) is 13.5. The van der Waals surface area contributed by atoms with E-state index in [4.69, 9.17) is 12.2 Å². The maximum atomic E-state index is 12.3. The fourth-order valence-corrected chi connectivity index (χ4v) is 3.81. The topological polar surface area (TPSA) is 97.2 Å². The van der Waals surface area contributed by atoms with E-state index in [1.807, 2.05) is 6.07 Å². The minimum atomic E-state index is -0.552. The number of fused-ring (bicyclic) bond motifs is 1. The first-order valence-electron chi connectivity index (χ1n) is 8.72. The van der Waals surface area contributed by atoms with E-state index in [0.29, 0.717) is 5.13 Å². The van der Waals surface area contributed by atoms with Crippen LogP contribution in [0, 0.1) is 10.1 Å². The molecule has 3 rings (SSSR count). The van der Waals surface area contributed by atoms with Crippen LogP contribution < -0.4 is 10.6 Å². The van der Waals surface area contributed by atoms with Crippen molar-refractivity contribution in [1.29, 1.82) is 0 Å². The van der Waals surface area contributed by atoms with Crippen molar-refractivity contribution in [2.24, 2.45) is 0 Å². The van der Waals surface area contributed by atoms with Gasteiger partial charge in [0.15, 0.2) is 10.2 Å². The molecule has 0 bridgehead atoms. The summed E-state index contributed by atoms with van der Waals surface area (Å²) in [7, 11) is 0. The summed E-state index contributed by atoms with van der Waals surface area (Å²) < 4.78 is 1.05. The molecule has 0 aliphatic carbocycles. The minimum Gasteiger partial charge on any atom is -0.308 e. The number of benzene rings is 2. The molecule has 0 radical (unpaired) electrons. The molecule has 0 saturated carbocycles. The molecule has 0 fully saturated rings. The average Bonchev–Trinajstić information content (AvgIpc) is 3.07. The number of unbranched alkanes of at least 4 members (excludes halogenated alkanes) is 1. The van der Waals surface area contributed by atoms with Crippen molar-refractivity contribution in [2.45, 2.75) is 26.2 Å². The van der Waals surface area contributed by atoms with E-state index < -0.39 is 10.8 Å². The average molecular weight is 415 g/mol. The van der Waals surface area contributed by atoms with E-state index in [-0.39, 0.29) is 16.4 Å². The van der Waals surface area contributed by atoms with Crippen molar-refractivity contribution in [3.8, 4) is 0 Å². The highest BCUT2D eigenvalue weighted by Crippen LogP contribution is 2.27. The Hall–Kier alpha value is -2.91. The van der Waals surface area contributed by atoms with Gasteiger partial charge in [0, 0.05) is 17.7 Å². The number of non-ortho nitro benzene ring substituents is 1. The minimum absolute atomic E-state index is 0.0850. The third-order valence-corrected chi connectivity index (χ3v) is 5.18. The maximum absolute atomic E-state index is 12.3. The number of amides is 1. The summed E-state index contributed by atoms with van der Waals surface area (Å²) in [5, 5.41) is 16.9. The van der Waals surface area contributed by atoms with Gasteiger partial charge in [0.1, 0.15) is 0 Å². The van der Waals surface area contributed by atoms with Gasteiger partial charge < -0.3 is 5.32 Å². The largest absolute Gasteiger partial charge is 0.308 e. The highest BCUT2D eigenvalue weighted by atomic mass is 32.1. The van der Waals surface area contributed by atoms with Gasteiger partial charge in [-0.15, -0.1) is 0 Å². The standard InChI is InChI=1S/C19H18N4O3S2/c1-2-3-5-12-8-9-15-16(10-12)28-19(20-15)22-18(27)21-17(24)13-6-4-7-14(11-13)23(25)26/h4,6-11H,2-3,5H2,1H3,(H2,20,21,22,24,27). The van der Waals surface area contributed by atoms with Gasteiger partial charge in [0.25, 0.3) is 11.6 Å². The number of nitrogens with zero attached hydrogens (tertiary/aromatic N) is 2. The number of carbonyl (C=O) groups is 1. The molecule has 2 aromatic carbocycles. The number of aryl methyl sites for hydroxylation is 1. The molecule has 144 valence electrons. The summed E-state index contributed by atoms with van der Waals surface area (Å²) >= 11 is 6.63. The molecule has 1 aromatic heterocycles. The van der Waals surface area contributed by atoms with Crippen molar-refractivity contribution >= 4 is 55.6 Å². The number of aromatic nitrogens is 1. The number of carbonyl (C=O) groups excluding carboxylic acids is 1. The van der Waals surface area contributed by atoms with E-state index in [1.165, 1.54) is 41.2 Å². The molecule has 7 nitrogen and oxygen atoms in total. The molecule has 9 heteroatoms. The zero-order valence-electron chi connectivity index (χ0n) is 15.1. The second kappa shape index (κ2) is 8.85. The highest BCUT2D eigenvalue weighted by Gasteiger charge is 2.13. The quantitative estimate of drug-likeness (QED) is 0.345. The van der Waals surface area contributed by atoms with Crippen LogP contribution in [0.2, 0.25) is 0 Å². The SMILES string of the molecule is CCCCc1ccc2nc(NC(=S)NC(=O)c3cccc([N+](=O)[O-])c3)sc2c1. The smallest absolute Gasteiger partial charge is 0.270 e. The Bertz CT molecular complexity index is 1050. The van der Waals surface area contributed by atoms with Crippen LogP contribution in [-0.4, -0.2) is 20.9 Å². The number of nitrogens with one attached hydrogen (secondary N) is 2. The van der Waals surface area contributed by atoms with E-state index in [2.05, 4.69) is 34.7 Å². The molecule has 0 saturated heterocycles. The summed E-state index contributed by atoms with van der Waals surface area (Å²) in [6.45, 7) is 2.16. The van der Waals surface area contributed by atoms with Crippen LogP contribution in [0.4, 0.5) is 10.8 Å². The van der Waals surface area contributed by atoms with Crippen LogP contribution in [0.15, 0.2) is 42.5 Å². The number of anilines is 1. The molecule has 28 heavy (non-hydrogen) atoms. The Labute approximate surface area is 170 Å². The lowest BCUT2D eigenvalue weighted by Crippen LogP contribution is -2.34. The normalized spacial score (nSPS) is 10.6. The van der Waals surface area contributed by atoms with Crippen molar-refractivity contribution in [2.75, 3.05) is 5.32 Å². The Morgan fingerprint density at radius 1 is 1.29 bits per heavy atom. The van der Waals surface area contributed by atoms with Gasteiger partial charge in [0.2, 0.25) is 0 Å². The molecule has 1 heterocycles. The van der Waals surface area contributed by atoms with Crippen LogP contribution in [-0.2, 0) is 6.42 Å². The summed E-state index contributed by atoms with van der Waals surface area (Å²) in [5.74, 6) is -0.524. The molecule has 0 aliphatic heterocycles. The predicted molar refractivity (Wildman–Crippen MR) is 115 cm³/mol. The Morgan fingerprint density at radius 2 is 2.11 bits per heavy atom. The number of nitro benzene ring substituents is 1. The van der Waals surface area contributed by atoms with Gasteiger partial charge in [-0.2, -0.15) is 0 Å². The number of thiocarbonyl (C=S) groups is 1. The third kappa shape index (κ3) is 4.87. The van der Waals surface area contributed by atoms with Gasteiger partial charge >= 0.3 is 0 Å². The molecule has 1 amide bonds. The van der Waals surface area contributed by atoms with Crippen molar-refractivity contribution in [3.63, 3.8) is 0 Å². The number of thiazole rings is 1. The lowest BCUT2D eigenvalue weighted by atomic mass is 10.1. The van der Waals surface area contributed by atoms with Gasteiger partial charge in [0.05, 0.1) is 15.1 Å². The molecule has 3 aromatic rings. The van der Waals surface area contributed by atoms with Crippen LogP contribution in [0.1, 0.15) is 35.7 Å². The van der Waals surface area contributed by atoms with Crippen LogP contribution in [0.25, 0.3) is 10.2 Å². The van der Waals surface area contributed by atoms with E-state index in [1.54, 1.807) is 0 Å². The molecular formula is C19H18N4O3S2. The molecular weight excluding hydrogens is 396 g/mol. The summed E-state index contributed by atoms with van der Waals surface area (Å²) in [6.07, 6.45) is 3.32. The second-order valence-corrected chi connectivity index (χ2v) is 7.58. The van der Waals surface area contributed by atoms with Gasteiger partial charge in [-0.05, 0) is 48.8 Å². The van der Waals surface area contributed by atoms with Crippen molar-refractivity contribution < 1.29 is 9.72 Å². The zero-order chi connectivity index (χ0) is 20.1. The van der Waals surface area contributed by atoms with E-state index in [0.717, 1.165) is 29.5 Å². The van der Waals surface area contributed by atoms with E-state index in [9.17, 15) is 14.9 Å². The third-order valence-electron chi connectivity index (χ3n) is 4.04. The van der Waals surface area contributed by atoms with Crippen molar-refractivity contribution in [3.05, 3.63) is 63.7 Å². The number of rotatable bonds is 6. The Balaban J connectivity index is 1.66. The Kier molecular flexibility index (Phi) is 6.27. The summed E-state index contributed by atoms with van der Waals surface area (Å²) in [6, 6.07) is 11.6. The lowest BCUT2D eigenvalue weighted by molar-refractivity contribution is -0.384. The lowest BCUT2D eigenvalue weighted by Gasteiger charge is -2.07. The fourth-order valence-electron chi connectivity index (χ4n) is 2.62. The number of hydrogen-bond donors (Lipinski definition) is 2. The van der Waals surface area contributed by atoms with Crippen LogP contribution in [0.3, 0.4) is 0 Å². The molecule has 2 N–H and O–H groups in total. The molecule has 0 aliphatic rings. The maximum Gasteiger partial charge on any atom is 0.270 e. The number of nitro groups is 1. The first-order valence-corrected chi connectivity index (χ1v) is 9.95. The zero-order valence-corrected chi connectivity index (χ0v) is 16.7. The first kappa shape index (κ1) is 19.8. The van der Waals surface area contributed by atoms with E-state index >= 15 is 0 Å². The summed E-state index contributed by atoms with van der Waals surface area (Å²) in [4.78, 5) is 27.0. The number of hydrogen-bond acceptors (Lipinski definition) is 6. The fraction of sp³-hybridized carbons (Fsp3) is 0.211. The second-order valence-electron chi connectivity index (χ2n) is 6.14. The van der Waals surface area contributed by atoms with Gasteiger partial charge in [-0.25, -0.2) is 4.98 Å². The highest BCUT2D eigenvalue weighted by molar-refractivity contribution is 7.80. The van der Waals surface area contributed by atoms with Crippen molar-refractivity contribution in [1.82, 2.24) is 10.3 Å². The van der Waals surface area contributed by atoms with Gasteiger partial charge in [-0.1, -0.05) is 36.8 Å².